The molecule has 0 amide bonds. The standard InChI is InChI=1S/C18H18F2N2O/c1-11(2)7-8-23-17-13(9-12(19)10-14(17)20)18-21-15-5-3-4-6-16(15)22-18/h3-6,9-11H,7-8H2,1-2H3,(H,21,22). The number of rotatable bonds is 5. The summed E-state index contributed by atoms with van der Waals surface area (Å²) in [4.78, 5) is 7.48. The van der Waals surface area contributed by atoms with Gasteiger partial charge in [-0.15, -0.1) is 0 Å². The largest absolute Gasteiger partial charge is 0.490 e. The highest BCUT2D eigenvalue weighted by molar-refractivity contribution is 5.80. The van der Waals surface area contributed by atoms with Crippen LogP contribution in [0.15, 0.2) is 36.4 Å². The van der Waals surface area contributed by atoms with Crippen LogP contribution in [-0.4, -0.2) is 16.6 Å². The van der Waals surface area contributed by atoms with Crippen LogP contribution in [0.2, 0.25) is 0 Å². The molecule has 1 heterocycles. The molecule has 1 aromatic heterocycles. The first kappa shape index (κ1) is 15.5. The van der Waals surface area contributed by atoms with Crippen LogP contribution < -0.4 is 4.74 Å². The van der Waals surface area contributed by atoms with Gasteiger partial charge in [-0.1, -0.05) is 26.0 Å². The van der Waals surface area contributed by atoms with Crippen molar-refractivity contribution in [3.8, 4) is 17.1 Å². The van der Waals surface area contributed by atoms with Crippen LogP contribution in [0.3, 0.4) is 0 Å². The fraction of sp³-hybridized carbons (Fsp3) is 0.278. The van der Waals surface area contributed by atoms with E-state index in [1.807, 2.05) is 24.3 Å². The maximum atomic E-state index is 14.2. The molecule has 0 aliphatic carbocycles. The quantitative estimate of drug-likeness (QED) is 0.724. The molecule has 0 atom stereocenters. The highest BCUT2D eigenvalue weighted by Crippen LogP contribution is 2.33. The fourth-order valence-corrected chi connectivity index (χ4v) is 2.36. The van der Waals surface area contributed by atoms with Gasteiger partial charge in [-0.05, 0) is 30.5 Å². The molecule has 3 aromatic rings. The van der Waals surface area contributed by atoms with E-state index in [-0.39, 0.29) is 5.75 Å². The molecule has 3 nitrogen and oxygen atoms in total. The number of fused-ring (bicyclic) bond motifs is 1. The molecule has 0 aliphatic rings. The zero-order valence-electron chi connectivity index (χ0n) is 13.1. The Morgan fingerprint density at radius 1 is 1.17 bits per heavy atom. The highest BCUT2D eigenvalue weighted by Gasteiger charge is 2.17. The lowest BCUT2D eigenvalue weighted by molar-refractivity contribution is 0.277. The topological polar surface area (TPSA) is 37.9 Å². The molecule has 0 aliphatic heterocycles. The Kier molecular flexibility index (Phi) is 4.28. The van der Waals surface area contributed by atoms with Crippen molar-refractivity contribution in [2.24, 2.45) is 5.92 Å². The number of hydrogen-bond acceptors (Lipinski definition) is 2. The number of benzene rings is 2. The van der Waals surface area contributed by atoms with Gasteiger partial charge < -0.3 is 9.72 Å². The van der Waals surface area contributed by atoms with Gasteiger partial charge in [-0.3, -0.25) is 0 Å². The van der Waals surface area contributed by atoms with Crippen molar-refractivity contribution in [3.63, 3.8) is 0 Å². The van der Waals surface area contributed by atoms with E-state index in [4.69, 9.17) is 4.74 Å². The summed E-state index contributed by atoms with van der Waals surface area (Å²) in [7, 11) is 0. The molecule has 0 spiro atoms. The molecular weight excluding hydrogens is 298 g/mol. The number of hydrogen-bond donors (Lipinski definition) is 1. The normalized spacial score (nSPS) is 11.3. The van der Waals surface area contributed by atoms with Gasteiger partial charge in [0.05, 0.1) is 23.2 Å². The highest BCUT2D eigenvalue weighted by atomic mass is 19.1. The number of nitrogens with zero attached hydrogens (tertiary/aromatic N) is 1. The molecule has 0 saturated carbocycles. The summed E-state index contributed by atoms with van der Waals surface area (Å²) in [6, 6.07) is 9.50. The second kappa shape index (κ2) is 6.36. The van der Waals surface area contributed by atoms with E-state index in [0.717, 1.165) is 23.5 Å². The number of aromatic nitrogens is 2. The summed E-state index contributed by atoms with van der Waals surface area (Å²) in [5.41, 5.74) is 1.84. The zero-order chi connectivity index (χ0) is 16.4. The predicted octanol–water partition coefficient (Wildman–Crippen LogP) is 4.93. The third-order valence-electron chi connectivity index (χ3n) is 3.59. The van der Waals surface area contributed by atoms with Crippen LogP contribution in [0.1, 0.15) is 20.3 Å². The molecule has 3 rings (SSSR count). The SMILES string of the molecule is CC(C)CCOc1c(F)cc(F)cc1-c1nc2ccccc2[nH]1. The number of halogens is 2. The average molecular weight is 316 g/mol. The lowest BCUT2D eigenvalue weighted by Gasteiger charge is -2.12. The molecule has 0 unspecified atom stereocenters. The van der Waals surface area contributed by atoms with Crippen LogP contribution in [0, 0.1) is 17.6 Å². The molecule has 2 aromatic carbocycles. The molecule has 0 bridgehead atoms. The Bertz CT molecular complexity index is 794. The van der Waals surface area contributed by atoms with Gasteiger partial charge in [0, 0.05) is 6.07 Å². The first-order valence-electron chi connectivity index (χ1n) is 7.61. The van der Waals surface area contributed by atoms with E-state index < -0.39 is 11.6 Å². The summed E-state index contributed by atoms with van der Waals surface area (Å²) in [5, 5.41) is 0. The van der Waals surface area contributed by atoms with E-state index in [1.54, 1.807) is 0 Å². The second-order valence-electron chi connectivity index (χ2n) is 5.90. The Labute approximate surface area is 133 Å². The fourth-order valence-electron chi connectivity index (χ4n) is 2.36. The van der Waals surface area contributed by atoms with Crippen molar-refractivity contribution < 1.29 is 13.5 Å². The van der Waals surface area contributed by atoms with Gasteiger partial charge in [0.1, 0.15) is 11.6 Å². The van der Waals surface area contributed by atoms with E-state index in [2.05, 4.69) is 23.8 Å². The molecule has 0 fully saturated rings. The maximum Gasteiger partial charge on any atom is 0.168 e. The van der Waals surface area contributed by atoms with Gasteiger partial charge in [0.2, 0.25) is 0 Å². The third kappa shape index (κ3) is 3.33. The van der Waals surface area contributed by atoms with E-state index >= 15 is 0 Å². The Balaban J connectivity index is 2.02. The van der Waals surface area contributed by atoms with Gasteiger partial charge in [-0.25, -0.2) is 13.8 Å². The van der Waals surface area contributed by atoms with Crippen LogP contribution in [-0.2, 0) is 0 Å². The summed E-state index contributed by atoms with van der Waals surface area (Å²) in [5.74, 6) is -0.512. The van der Waals surface area contributed by atoms with E-state index in [1.165, 1.54) is 6.07 Å². The number of para-hydroxylation sites is 2. The van der Waals surface area contributed by atoms with Crippen molar-refractivity contribution in [2.45, 2.75) is 20.3 Å². The molecule has 5 heteroatoms. The smallest absolute Gasteiger partial charge is 0.168 e. The van der Waals surface area contributed by atoms with Crippen molar-refractivity contribution in [3.05, 3.63) is 48.0 Å². The van der Waals surface area contributed by atoms with Crippen LogP contribution >= 0.6 is 0 Å². The molecule has 0 radical (unpaired) electrons. The van der Waals surface area contributed by atoms with E-state index in [9.17, 15) is 8.78 Å². The first-order valence-corrected chi connectivity index (χ1v) is 7.61. The van der Waals surface area contributed by atoms with E-state index in [0.29, 0.717) is 23.9 Å². The maximum absolute atomic E-state index is 14.2. The Morgan fingerprint density at radius 2 is 1.96 bits per heavy atom. The van der Waals surface area contributed by atoms with Gasteiger partial charge in [0.15, 0.2) is 11.6 Å². The van der Waals surface area contributed by atoms with Crippen molar-refractivity contribution in [1.29, 1.82) is 0 Å². The van der Waals surface area contributed by atoms with Crippen LogP contribution in [0.5, 0.6) is 5.75 Å². The van der Waals surface area contributed by atoms with Crippen molar-refractivity contribution in [1.82, 2.24) is 9.97 Å². The molecule has 23 heavy (non-hydrogen) atoms. The molecule has 0 saturated heterocycles. The minimum Gasteiger partial charge on any atom is -0.490 e. The second-order valence-corrected chi connectivity index (χ2v) is 5.90. The lowest BCUT2D eigenvalue weighted by Crippen LogP contribution is -2.05. The number of ether oxygens (including phenoxy) is 1. The molecular formula is C18H18F2N2O. The van der Waals surface area contributed by atoms with Gasteiger partial charge in [-0.2, -0.15) is 0 Å². The number of imidazole rings is 1. The zero-order valence-corrected chi connectivity index (χ0v) is 13.1. The summed E-state index contributed by atoms with van der Waals surface area (Å²) in [6.45, 7) is 4.49. The molecule has 120 valence electrons. The minimum absolute atomic E-state index is 0.0334. The summed E-state index contributed by atoms with van der Waals surface area (Å²) >= 11 is 0. The van der Waals surface area contributed by atoms with Gasteiger partial charge in [0.25, 0.3) is 0 Å². The average Bonchev–Trinajstić information content (AvgIpc) is 2.92. The predicted molar refractivity (Wildman–Crippen MR) is 86.4 cm³/mol. The van der Waals surface area contributed by atoms with Crippen LogP contribution in [0.4, 0.5) is 8.78 Å². The summed E-state index contributed by atoms with van der Waals surface area (Å²) in [6.07, 6.45) is 0.788. The number of nitrogens with one attached hydrogen (secondary N) is 1. The molecule has 1 N–H and O–H groups in total. The third-order valence-corrected chi connectivity index (χ3v) is 3.59. The van der Waals surface area contributed by atoms with Gasteiger partial charge >= 0.3 is 0 Å². The summed E-state index contributed by atoms with van der Waals surface area (Å²) < 4.78 is 33.4. The van der Waals surface area contributed by atoms with Crippen molar-refractivity contribution >= 4 is 11.0 Å². The van der Waals surface area contributed by atoms with Crippen molar-refractivity contribution in [2.75, 3.05) is 6.61 Å². The Hall–Kier alpha value is -2.43. The number of aromatic amines is 1. The monoisotopic (exact) mass is 316 g/mol. The Morgan fingerprint density at radius 3 is 2.70 bits per heavy atom. The van der Waals surface area contributed by atoms with Crippen LogP contribution in [0.25, 0.3) is 22.4 Å². The minimum atomic E-state index is -0.718. The first-order chi connectivity index (χ1) is 11.0. The lowest BCUT2D eigenvalue weighted by atomic mass is 10.1. The number of H-pyrrole nitrogens is 1.